The number of allylic oxidation sites excluding steroid dienone is 1. The molecule has 0 aliphatic heterocycles. The number of aliphatic hydroxyl groups is 1. The van der Waals surface area contributed by atoms with Gasteiger partial charge in [-0.05, 0) is 49.4 Å². The largest absolute Gasteiger partial charge is 0.496 e. The summed E-state index contributed by atoms with van der Waals surface area (Å²) in [7, 11) is 1.56. The van der Waals surface area contributed by atoms with E-state index in [4.69, 9.17) is 14.9 Å². The number of carboxylic acids is 1. The van der Waals surface area contributed by atoms with Crippen LogP contribution < -0.4 is 4.74 Å². The number of rotatable bonds is 9. The molecule has 0 saturated heterocycles. The molecule has 1 aromatic rings. The number of methoxy groups -OCH3 is 1. The predicted molar refractivity (Wildman–Crippen MR) is 77.9 cm³/mol. The Morgan fingerprint density at radius 2 is 2.10 bits per heavy atom. The molecule has 0 unspecified atom stereocenters. The van der Waals surface area contributed by atoms with E-state index in [1.807, 2.05) is 0 Å². The van der Waals surface area contributed by atoms with Crippen molar-refractivity contribution in [2.24, 2.45) is 0 Å². The van der Waals surface area contributed by atoms with Gasteiger partial charge < -0.3 is 14.9 Å². The fourth-order valence-corrected chi connectivity index (χ4v) is 2.07. The zero-order chi connectivity index (χ0) is 15.7. The van der Waals surface area contributed by atoms with Crippen LogP contribution in [0.2, 0.25) is 0 Å². The highest BCUT2D eigenvalue weighted by Gasteiger charge is 2.05. The highest BCUT2D eigenvalue weighted by atomic mass is 19.1. The molecule has 0 radical (unpaired) electrons. The molecular formula is C16H21FO4. The van der Waals surface area contributed by atoms with Gasteiger partial charge in [0.2, 0.25) is 0 Å². The molecule has 21 heavy (non-hydrogen) atoms. The van der Waals surface area contributed by atoms with E-state index in [0.717, 1.165) is 31.2 Å². The molecular weight excluding hydrogens is 275 g/mol. The van der Waals surface area contributed by atoms with Gasteiger partial charge in [-0.15, -0.1) is 0 Å². The molecule has 0 fully saturated rings. The van der Waals surface area contributed by atoms with Crippen LogP contribution in [0.25, 0.3) is 0 Å². The van der Waals surface area contributed by atoms with E-state index >= 15 is 0 Å². The number of halogens is 1. The Hall–Kier alpha value is -1.88. The molecule has 1 aromatic carbocycles. The second-order valence-corrected chi connectivity index (χ2v) is 4.75. The molecule has 1 rings (SSSR count). The molecule has 0 aliphatic rings. The average molecular weight is 296 g/mol. The van der Waals surface area contributed by atoms with Crippen molar-refractivity contribution in [2.45, 2.75) is 32.1 Å². The lowest BCUT2D eigenvalue weighted by atomic mass is 10.0. The van der Waals surface area contributed by atoms with Crippen LogP contribution in [0.1, 0.15) is 31.2 Å². The van der Waals surface area contributed by atoms with Crippen LogP contribution >= 0.6 is 0 Å². The summed E-state index contributed by atoms with van der Waals surface area (Å²) >= 11 is 0. The van der Waals surface area contributed by atoms with E-state index < -0.39 is 12.6 Å². The third-order valence-corrected chi connectivity index (χ3v) is 3.23. The Balaban J connectivity index is 2.35. The van der Waals surface area contributed by atoms with Crippen molar-refractivity contribution in [1.29, 1.82) is 0 Å². The summed E-state index contributed by atoms with van der Waals surface area (Å²) in [4.78, 5) is 10.7. The number of aliphatic hydroxyl groups excluding tert-OH is 1. The Kier molecular flexibility index (Phi) is 7.46. The summed E-state index contributed by atoms with van der Waals surface area (Å²) in [6.45, 7) is -0.449. The van der Waals surface area contributed by atoms with Gasteiger partial charge in [0.25, 0.3) is 0 Å². The minimum Gasteiger partial charge on any atom is -0.496 e. The first-order chi connectivity index (χ1) is 10.1. The van der Waals surface area contributed by atoms with Gasteiger partial charge in [0.1, 0.15) is 11.6 Å². The second kappa shape index (κ2) is 9.13. The van der Waals surface area contributed by atoms with Crippen molar-refractivity contribution in [1.82, 2.24) is 0 Å². The number of ether oxygens (including phenoxy) is 1. The van der Waals surface area contributed by atoms with Crippen LogP contribution in [-0.4, -0.2) is 29.9 Å². The van der Waals surface area contributed by atoms with Crippen LogP contribution in [0.5, 0.6) is 5.75 Å². The number of unbranched alkanes of at least 4 members (excludes halogenated alkanes) is 3. The lowest BCUT2D eigenvalue weighted by Crippen LogP contribution is -2.04. The summed E-state index contributed by atoms with van der Waals surface area (Å²) in [6.07, 6.45) is 5.47. The van der Waals surface area contributed by atoms with Crippen LogP contribution in [0.15, 0.2) is 29.8 Å². The molecule has 0 heterocycles. The number of aryl methyl sites for hydroxylation is 1. The van der Waals surface area contributed by atoms with Crippen molar-refractivity contribution in [3.8, 4) is 5.75 Å². The van der Waals surface area contributed by atoms with Gasteiger partial charge in [-0.1, -0.05) is 12.5 Å². The number of carboxylic acid groups (broad SMARTS) is 1. The highest BCUT2D eigenvalue weighted by molar-refractivity contribution is 5.86. The SMILES string of the molecule is COc1ccc(F)cc1CCCCC/C=C(\CO)C(=O)O. The number of carbonyl (C=O) groups is 1. The van der Waals surface area contributed by atoms with Crippen LogP contribution in [-0.2, 0) is 11.2 Å². The molecule has 4 nitrogen and oxygen atoms in total. The maximum Gasteiger partial charge on any atom is 0.333 e. The third kappa shape index (κ3) is 5.95. The standard InChI is InChI=1S/C16H21FO4/c1-21-15-9-8-14(17)10-12(15)6-4-2-3-5-7-13(11-18)16(19)20/h7-10,18H,2-6,11H2,1H3,(H,19,20)/b13-7+. The van der Waals surface area contributed by atoms with Gasteiger partial charge in [0.15, 0.2) is 0 Å². The van der Waals surface area contributed by atoms with Crippen LogP contribution in [0, 0.1) is 5.82 Å². The summed E-state index contributed by atoms with van der Waals surface area (Å²) in [5, 5.41) is 17.6. The Morgan fingerprint density at radius 1 is 1.33 bits per heavy atom. The topological polar surface area (TPSA) is 66.8 Å². The molecule has 0 saturated carbocycles. The normalized spacial score (nSPS) is 11.5. The molecule has 0 spiro atoms. The van der Waals surface area contributed by atoms with Crippen LogP contribution in [0.4, 0.5) is 4.39 Å². The molecule has 0 atom stereocenters. The monoisotopic (exact) mass is 296 g/mol. The predicted octanol–water partition coefficient (Wildman–Crippen LogP) is 2.94. The van der Waals surface area contributed by atoms with Gasteiger partial charge in [0.05, 0.1) is 19.3 Å². The average Bonchev–Trinajstić information content (AvgIpc) is 2.46. The maximum absolute atomic E-state index is 13.2. The molecule has 0 aliphatic carbocycles. The molecule has 2 N–H and O–H groups in total. The second-order valence-electron chi connectivity index (χ2n) is 4.75. The van der Waals surface area contributed by atoms with Crippen molar-refractivity contribution in [2.75, 3.05) is 13.7 Å². The number of aliphatic carboxylic acids is 1. The first-order valence-electron chi connectivity index (χ1n) is 6.94. The molecule has 0 aromatic heterocycles. The summed E-state index contributed by atoms with van der Waals surface area (Å²) in [5.74, 6) is -0.672. The van der Waals surface area contributed by atoms with E-state index in [1.54, 1.807) is 19.3 Å². The van der Waals surface area contributed by atoms with E-state index in [0.29, 0.717) is 12.2 Å². The van der Waals surface area contributed by atoms with Gasteiger partial charge in [-0.2, -0.15) is 0 Å². The summed E-state index contributed by atoms with van der Waals surface area (Å²) in [6, 6.07) is 4.47. The Morgan fingerprint density at radius 3 is 2.71 bits per heavy atom. The number of benzene rings is 1. The van der Waals surface area contributed by atoms with Gasteiger partial charge >= 0.3 is 5.97 Å². The van der Waals surface area contributed by atoms with Gasteiger partial charge in [-0.3, -0.25) is 0 Å². The fraction of sp³-hybridized carbons (Fsp3) is 0.438. The van der Waals surface area contributed by atoms with Gasteiger partial charge in [-0.25, -0.2) is 9.18 Å². The summed E-state index contributed by atoms with van der Waals surface area (Å²) in [5.41, 5.74) is 0.872. The lowest BCUT2D eigenvalue weighted by Gasteiger charge is -2.08. The highest BCUT2D eigenvalue weighted by Crippen LogP contribution is 2.21. The zero-order valence-corrected chi connectivity index (χ0v) is 12.1. The Bertz CT molecular complexity index is 497. The minimum atomic E-state index is -1.08. The zero-order valence-electron chi connectivity index (χ0n) is 12.1. The molecule has 5 heteroatoms. The summed E-state index contributed by atoms with van der Waals surface area (Å²) < 4.78 is 18.4. The lowest BCUT2D eigenvalue weighted by molar-refractivity contribution is -0.133. The third-order valence-electron chi connectivity index (χ3n) is 3.23. The molecule has 0 bridgehead atoms. The van der Waals surface area contributed by atoms with Crippen LogP contribution in [0.3, 0.4) is 0 Å². The van der Waals surface area contributed by atoms with E-state index in [-0.39, 0.29) is 11.4 Å². The fourth-order valence-electron chi connectivity index (χ4n) is 2.07. The molecule has 116 valence electrons. The first-order valence-corrected chi connectivity index (χ1v) is 6.94. The maximum atomic E-state index is 13.2. The number of hydrogen-bond donors (Lipinski definition) is 2. The minimum absolute atomic E-state index is 0.0294. The quantitative estimate of drug-likeness (QED) is 0.543. The Labute approximate surface area is 123 Å². The van der Waals surface area contributed by atoms with Crippen molar-refractivity contribution >= 4 is 5.97 Å². The van der Waals surface area contributed by atoms with Gasteiger partial charge in [0, 0.05) is 0 Å². The van der Waals surface area contributed by atoms with Crippen molar-refractivity contribution in [3.05, 3.63) is 41.2 Å². The van der Waals surface area contributed by atoms with E-state index in [9.17, 15) is 9.18 Å². The van der Waals surface area contributed by atoms with E-state index in [1.165, 1.54) is 12.1 Å². The smallest absolute Gasteiger partial charge is 0.333 e. The van der Waals surface area contributed by atoms with Crippen molar-refractivity contribution < 1.29 is 24.1 Å². The first kappa shape index (κ1) is 17.2. The molecule has 0 amide bonds. The van der Waals surface area contributed by atoms with E-state index in [2.05, 4.69) is 0 Å². The number of hydrogen-bond acceptors (Lipinski definition) is 3. The van der Waals surface area contributed by atoms with Crippen molar-refractivity contribution in [3.63, 3.8) is 0 Å².